The molecule has 2 N–H and O–H groups in total. The van der Waals surface area contributed by atoms with Gasteiger partial charge in [-0.2, -0.15) is 0 Å². The van der Waals surface area contributed by atoms with Crippen molar-refractivity contribution in [3.05, 3.63) is 36.9 Å². The van der Waals surface area contributed by atoms with E-state index in [2.05, 4.69) is 11.9 Å². The lowest BCUT2D eigenvalue weighted by Gasteiger charge is -2.05. The molecular weight excluding hydrogens is 182 g/mol. The van der Waals surface area contributed by atoms with Crippen LogP contribution in [0.25, 0.3) is 0 Å². The lowest BCUT2D eigenvalue weighted by atomic mass is 10.3. The third-order valence-electron chi connectivity index (χ3n) is 1.45. The van der Waals surface area contributed by atoms with E-state index in [4.69, 9.17) is 9.84 Å². The smallest absolute Gasteiger partial charge is 0.409 e. The highest BCUT2D eigenvalue weighted by atomic mass is 16.5. The summed E-state index contributed by atoms with van der Waals surface area (Å²) < 4.78 is 5.23. The van der Waals surface area contributed by atoms with Crippen molar-refractivity contribution in [2.75, 3.05) is 11.9 Å². The van der Waals surface area contributed by atoms with Crippen LogP contribution in [0.4, 0.5) is 10.5 Å². The number of hydrogen-bond donors (Lipinski definition) is 2. The van der Waals surface area contributed by atoms with Gasteiger partial charge in [0.05, 0.1) is 0 Å². The van der Waals surface area contributed by atoms with Crippen molar-refractivity contribution in [1.29, 1.82) is 0 Å². The number of rotatable bonds is 4. The molecule has 0 aliphatic heterocycles. The molecule has 0 aromatic heterocycles. The lowest BCUT2D eigenvalue weighted by molar-refractivity contribution is 0.209. The van der Waals surface area contributed by atoms with E-state index in [0.717, 1.165) is 0 Å². The zero-order valence-corrected chi connectivity index (χ0v) is 7.56. The highest BCUT2D eigenvalue weighted by Gasteiger charge is 1.98. The van der Waals surface area contributed by atoms with Crippen molar-refractivity contribution in [3.63, 3.8) is 0 Å². The predicted molar refractivity (Wildman–Crippen MR) is 53.8 cm³/mol. The van der Waals surface area contributed by atoms with Crippen molar-refractivity contribution in [3.8, 4) is 5.75 Å². The molecule has 0 atom stereocenters. The molecule has 4 heteroatoms. The zero-order valence-electron chi connectivity index (χ0n) is 7.56. The maximum absolute atomic E-state index is 10.3. The Labute approximate surface area is 81.8 Å². The number of nitrogens with one attached hydrogen (secondary N) is 1. The van der Waals surface area contributed by atoms with Gasteiger partial charge in [-0.05, 0) is 12.1 Å². The molecule has 1 rings (SSSR count). The minimum absolute atomic E-state index is 0.399. The summed E-state index contributed by atoms with van der Waals surface area (Å²) in [4.78, 5) is 10.3. The molecule has 1 aromatic rings. The molecule has 0 fully saturated rings. The first kappa shape index (κ1) is 10.1. The first-order valence-corrected chi connectivity index (χ1v) is 4.06. The molecule has 74 valence electrons. The van der Waals surface area contributed by atoms with Gasteiger partial charge in [0, 0.05) is 11.8 Å². The second-order valence-electron chi connectivity index (χ2n) is 2.56. The Balaban J connectivity index is 2.68. The fourth-order valence-corrected chi connectivity index (χ4v) is 0.942. The summed E-state index contributed by atoms with van der Waals surface area (Å²) in [6, 6.07) is 6.72. The van der Waals surface area contributed by atoms with Gasteiger partial charge in [-0.25, -0.2) is 4.79 Å². The summed E-state index contributed by atoms with van der Waals surface area (Å²) in [5.41, 5.74) is 0.485. The van der Waals surface area contributed by atoms with Crippen molar-refractivity contribution in [2.45, 2.75) is 0 Å². The van der Waals surface area contributed by atoms with E-state index in [1.165, 1.54) is 0 Å². The number of benzene rings is 1. The molecule has 0 bridgehead atoms. The van der Waals surface area contributed by atoms with Gasteiger partial charge in [0.1, 0.15) is 12.4 Å². The van der Waals surface area contributed by atoms with Crippen molar-refractivity contribution in [2.24, 2.45) is 0 Å². The monoisotopic (exact) mass is 193 g/mol. The van der Waals surface area contributed by atoms with Gasteiger partial charge in [0.25, 0.3) is 0 Å². The summed E-state index contributed by atoms with van der Waals surface area (Å²) in [6.45, 7) is 3.91. The van der Waals surface area contributed by atoms with Gasteiger partial charge in [0.15, 0.2) is 0 Å². The van der Waals surface area contributed by atoms with Crippen LogP contribution in [0.1, 0.15) is 0 Å². The summed E-state index contributed by atoms with van der Waals surface area (Å²) in [7, 11) is 0. The van der Waals surface area contributed by atoms with Crippen LogP contribution >= 0.6 is 0 Å². The Morgan fingerprint density at radius 2 is 2.43 bits per heavy atom. The molecule has 0 saturated heterocycles. The number of amides is 1. The number of ether oxygens (including phenoxy) is 1. The minimum Gasteiger partial charge on any atom is -0.489 e. The van der Waals surface area contributed by atoms with Gasteiger partial charge in [-0.1, -0.05) is 18.7 Å². The van der Waals surface area contributed by atoms with Gasteiger partial charge >= 0.3 is 6.09 Å². The second-order valence-corrected chi connectivity index (χ2v) is 2.56. The maximum Gasteiger partial charge on any atom is 0.409 e. The number of hydrogen-bond acceptors (Lipinski definition) is 2. The van der Waals surface area contributed by atoms with E-state index in [1.807, 2.05) is 0 Å². The van der Waals surface area contributed by atoms with Crippen LogP contribution in [0.15, 0.2) is 36.9 Å². The van der Waals surface area contributed by atoms with E-state index < -0.39 is 6.09 Å². The first-order chi connectivity index (χ1) is 6.72. The minimum atomic E-state index is -1.09. The van der Waals surface area contributed by atoms with Crippen LogP contribution in [-0.2, 0) is 0 Å². The van der Waals surface area contributed by atoms with Crippen LogP contribution < -0.4 is 10.1 Å². The molecule has 0 aliphatic rings. The van der Waals surface area contributed by atoms with Crippen molar-refractivity contribution < 1.29 is 14.6 Å². The van der Waals surface area contributed by atoms with Crippen molar-refractivity contribution >= 4 is 11.8 Å². The standard InChI is InChI=1S/C10H11NO3/c1-2-6-14-9-5-3-4-8(7-9)11-10(12)13/h2-5,7,11H,1,6H2,(H,12,13). The van der Waals surface area contributed by atoms with Crippen LogP contribution in [0, 0.1) is 0 Å². The third kappa shape index (κ3) is 3.18. The first-order valence-electron chi connectivity index (χ1n) is 4.06. The van der Waals surface area contributed by atoms with Crippen LogP contribution in [0.3, 0.4) is 0 Å². The number of carboxylic acid groups (broad SMARTS) is 1. The van der Waals surface area contributed by atoms with Gasteiger partial charge < -0.3 is 9.84 Å². The van der Waals surface area contributed by atoms with Crippen LogP contribution in [0.2, 0.25) is 0 Å². The summed E-state index contributed by atoms with van der Waals surface area (Å²) in [5, 5.41) is 10.7. The SMILES string of the molecule is C=CCOc1cccc(NC(=O)O)c1. The second kappa shape index (κ2) is 4.91. The average Bonchev–Trinajstić information content (AvgIpc) is 2.14. The summed E-state index contributed by atoms with van der Waals surface area (Å²) in [6.07, 6.45) is 0.531. The normalized spacial score (nSPS) is 9.14. The van der Waals surface area contributed by atoms with Gasteiger partial charge in [0.2, 0.25) is 0 Å². The molecule has 0 heterocycles. The highest BCUT2D eigenvalue weighted by molar-refractivity contribution is 5.83. The van der Waals surface area contributed by atoms with Crippen LogP contribution in [0.5, 0.6) is 5.75 Å². The Morgan fingerprint density at radius 3 is 3.07 bits per heavy atom. The van der Waals surface area contributed by atoms with E-state index >= 15 is 0 Å². The Bertz CT molecular complexity index is 336. The Hall–Kier alpha value is -1.97. The molecule has 4 nitrogen and oxygen atoms in total. The quantitative estimate of drug-likeness (QED) is 0.721. The molecule has 1 amide bonds. The molecule has 0 aliphatic carbocycles. The van der Waals surface area contributed by atoms with E-state index in [9.17, 15) is 4.79 Å². The van der Waals surface area contributed by atoms with Crippen LogP contribution in [-0.4, -0.2) is 17.8 Å². The lowest BCUT2D eigenvalue weighted by Crippen LogP contribution is -2.07. The molecule has 0 radical (unpaired) electrons. The van der Waals surface area contributed by atoms with Gasteiger partial charge in [-0.3, -0.25) is 5.32 Å². The highest BCUT2D eigenvalue weighted by Crippen LogP contribution is 2.16. The van der Waals surface area contributed by atoms with Crippen molar-refractivity contribution in [1.82, 2.24) is 0 Å². The fourth-order valence-electron chi connectivity index (χ4n) is 0.942. The van der Waals surface area contributed by atoms with Gasteiger partial charge in [-0.15, -0.1) is 0 Å². The molecule has 14 heavy (non-hydrogen) atoms. The topological polar surface area (TPSA) is 58.6 Å². The summed E-state index contributed by atoms with van der Waals surface area (Å²) in [5.74, 6) is 0.608. The van der Waals surface area contributed by atoms with E-state index in [-0.39, 0.29) is 0 Å². The Kier molecular flexibility index (Phi) is 3.55. The molecule has 1 aromatic carbocycles. The maximum atomic E-state index is 10.3. The van der Waals surface area contributed by atoms with E-state index in [0.29, 0.717) is 18.0 Å². The average molecular weight is 193 g/mol. The molecular formula is C10H11NO3. The Morgan fingerprint density at radius 1 is 1.64 bits per heavy atom. The zero-order chi connectivity index (χ0) is 10.4. The number of carbonyl (C=O) groups is 1. The molecule has 0 spiro atoms. The largest absolute Gasteiger partial charge is 0.489 e. The molecule has 0 saturated carbocycles. The third-order valence-corrected chi connectivity index (χ3v) is 1.45. The van der Waals surface area contributed by atoms with E-state index in [1.54, 1.807) is 30.3 Å². The molecule has 0 unspecified atom stereocenters. The fraction of sp³-hybridized carbons (Fsp3) is 0.100. The summed E-state index contributed by atoms with van der Waals surface area (Å²) >= 11 is 0. The predicted octanol–water partition coefficient (Wildman–Crippen LogP) is 2.34. The number of anilines is 1.